The molecule has 1 unspecified atom stereocenters. The topological polar surface area (TPSA) is 71.8 Å². The molecule has 2 aliphatic heterocycles. The molecule has 0 bridgehead atoms. The van der Waals surface area contributed by atoms with Crippen LogP contribution in [0.1, 0.15) is 43.9 Å². The summed E-state index contributed by atoms with van der Waals surface area (Å²) in [7, 11) is 4.28. The highest BCUT2D eigenvalue weighted by atomic mass is 16.5. The third-order valence-electron chi connectivity index (χ3n) is 9.33. The number of benzene rings is 2. The minimum atomic E-state index is 0.0599. The zero-order valence-corrected chi connectivity index (χ0v) is 24.6. The van der Waals surface area contributed by atoms with Crippen molar-refractivity contribution in [2.24, 2.45) is 0 Å². The Labute approximate surface area is 243 Å². The molecule has 3 aromatic rings. The van der Waals surface area contributed by atoms with E-state index in [4.69, 9.17) is 14.7 Å². The molecule has 8 heteroatoms. The Hall–Kier alpha value is -3.83. The van der Waals surface area contributed by atoms with Crippen LogP contribution in [0.2, 0.25) is 0 Å². The highest BCUT2D eigenvalue weighted by Crippen LogP contribution is 2.38. The lowest BCUT2D eigenvalue weighted by Gasteiger charge is -2.46. The van der Waals surface area contributed by atoms with Crippen molar-refractivity contribution < 1.29 is 4.74 Å². The van der Waals surface area contributed by atoms with Gasteiger partial charge in [-0.2, -0.15) is 15.2 Å². The van der Waals surface area contributed by atoms with E-state index in [-0.39, 0.29) is 11.6 Å². The van der Waals surface area contributed by atoms with Crippen molar-refractivity contribution >= 4 is 22.3 Å². The minimum absolute atomic E-state index is 0.0599. The third-order valence-corrected chi connectivity index (χ3v) is 9.33. The predicted molar refractivity (Wildman–Crippen MR) is 164 cm³/mol. The molecule has 2 aromatic carbocycles. The van der Waals surface area contributed by atoms with Crippen LogP contribution in [0.5, 0.6) is 6.01 Å². The fraction of sp³-hybridized carbons (Fsp3) is 0.485. The van der Waals surface area contributed by atoms with Crippen LogP contribution >= 0.6 is 0 Å². The van der Waals surface area contributed by atoms with Gasteiger partial charge in [0, 0.05) is 42.8 Å². The molecule has 0 N–H and O–H groups in total. The molecule has 1 aromatic heterocycles. The summed E-state index contributed by atoms with van der Waals surface area (Å²) in [6.45, 7) is 6.72. The van der Waals surface area contributed by atoms with Gasteiger partial charge in [-0.05, 0) is 64.4 Å². The van der Waals surface area contributed by atoms with Crippen molar-refractivity contribution in [3.8, 4) is 12.1 Å². The zero-order valence-electron chi connectivity index (χ0n) is 24.6. The van der Waals surface area contributed by atoms with Crippen LogP contribution in [0.25, 0.3) is 10.8 Å². The van der Waals surface area contributed by atoms with Gasteiger partial charge in [-0.3, -0.25) is 0 Å². The largest absolute Gasteiger partial charge is 0.461 e. The molecule has 1 saturated heterocycles. The molecule has 214 valence electrons. The second-order valence-corrected chi connectivity index (χ2v) is 11.9. The Bertz CT molecular complexity index is 1450. The van der Waals surface area contributed by atoms with E-state index in [0.29, 0.717) is 25.6 Å². The van der Waals surface area contributed by atoms with E-state index < -0.39 is 0 Å². The lowest BCUT2D eigenvalue weighted by atomic mass is 9.76. The molecule has 41 heavy (non-hydrogen) atoms. The van der Waals surface area contributed by atoms with Gasteiger partial charge >= 0.3 is 6.01 Å². The van der Waals surface area contributed by atoms with Gasteiger partial charge < -0.3 is 24.3 Å². The van der Waals surface area contributed by atoms with E-state index in [9.17, 15) is 5.26 Å². The molecule has 3 aliphatic rings. The first-order valence-electron chi connectivity index (χ1n) is 14.9. The van der Waals surface area contributed by atoms with Crippen LogP contribution < -0.4 is 14.5 Å². The number of nitrogens with zero attached hydrogens (tertiary/aromatic N) is 7. The van der Waals surface area contributed by atoms with Crippen molar-refractivity contribution in [1.82, 2.24) is 19.8 Å². The summed E-state index contributed by atoms with van der Waals surface area (Å²) in [6.07, 6.45) is 9.02. The lowest BCUT2D eigenvalue weighted by Crippen LogP contribution is -2.54. The minimum Gasteiger partial charge on any atom is -0.461 e. The monoisotopic (exact) mass is 551 g/mol. The molecule has 8 nitrogen and oxygen atoms in total. The SMILES string of the molecule is CC=CN1CCN(c2nc(OCC3(N(C)C)CCC3)nc3c2CCN(c2cccc4ccccc24)C3)CC1CC#N. The fourth-order valence-corrected chi connectivity index (χ4v) is 6.65. The summed E-state index contributed by atoms with van der Waals surface area (Å²) in [5.74, 6) is 0.984. The first-order chi connectivity index (χ1) is 20.0. The van der Waals surface area contributed by atoms with E-state index >= 15 is 0 Å². The number of rotatable bonds is 8. The van der Waals surface area contributed by atoms with Gasteiger partial charge in [0.2, 0.25) is 0 Å². The second-order valence-electron chi connectivity index (χ2n) is 11.9. The normalized spacial score (nSPS) is 20.3. The molecular weight excluding hydrogens is 510 g/mol. The summed E-state index contributed by atoms with van der Waals surface area (Å²) in [4.78, 5) is 19.5. The van der Waals surface area contributed by atoms with E-state index in [2.05, 4.69) is 94.5 Å². The quantitative estimate of drug-likeness (QED) is 0.388. The molecule has 0 amide bonds. The molecular formula is C33H41N7O. The lowest BCUT2D eigenvalue weighted by molar-refractivity contribution is 0.00969. The number of allylic oxidation sites excluding steroid dienone is 1. The van der Waals surface area contributed by atoms with Crippen LogP contribution in [0.4, 0.5) is 11.5 Å². The molecule has 6 rings (SSSR count). The molecule has 1 aliphatic carbocycles. The average Bonchev–Trinajstić information content (AvgIpc) is 2.96. The van der Waals surface area contributed by atoms with Crippen molar-refractivity contribution in [1.29, 1.82) is 5.26 Å². The summed E-state index contributed by atoms with van der Waals surface area (Å²) in [5, 5.41) is 12.1. The third kappa shape index (κ3) is 5.31. The Morgan fingerprint density at radius 3 is 2.66 bits per heavy atom. The van der Waals surface area contributed by atoms with E-state index in [1.165, 1.54) is 28.4 Å². The van der Waals surface area contributed by atoms with Gasteiger partial charge in [-0.25, -0.2) is 0 Å². The smallest absolute Gasteiger partial charge is 0.318 e. The highest BCUT2D eigenvalue weighted by Gasteiger charge is 2.40. The number of hydrogen-bond donors (Lipinski definition) is 0. The van der Waals surface area contributed by atoms with Crippen LogP contribution in [-0.4, -0.2) is 78.2 Å². The molecule has 0 spiro atoms. The van der Waals surface area contributed by atoms with E-state index in [1.807, 2.05) is 6.92 Å². The standard InChI is InChI=1S/C33H41N7O/c1-4-18-38-20-21-40(22-26(38)13-17-34)31-28-14-19-39(30-12-7-10-25-9-5-6-11-27(25)30)23-29(28)35-32(36-31)41-24-33(37(2)3)15-8-16-33/h4-7,9-12,18,26H,8,13-16,19-24H2,1-3H3. The van der Waals surface area contributed by atoms with Crippen LogP contribution in [0.3, 0.4) is 0 Å². The first kappa shape index (κ1) is 27.3. The number of anilines is 2. The maximum absolute atomic E-state index is 9.56. The van der Waals surface area contributed by atoms with Crippen LogP contribution in [-0.2, 0) is 13.0 Å². The van der Waals surface area contributed by atoms with Crippen molar-refractivity contribution in [2.75, 3.05) is 56.7 Å². The summed E-state index contributed by atoms with van der Waals surface area (Å²) in [6, 6.07) is 18.1. The number of likely N-dealkylation sites (N-methyl/N-ethyl adjacent to an activating group) is 1. The number of hydrogen-bond acceptors (Lipinski definition) is 8. The second kappa shape index (κ2) is 11.6. The first-order valence-corrected chi connectivity index (χ1v) is 14.9. The number of fused-ring (bicyclic) bond motifs is 2. The molecule has 3 heterocycles. The summed E-state index contributed by atoms with van der Waals surface area (Å²) in [5.41, 5.74) is 3.57. The fourth-order valence-electron chi connectivity index (χ4n) is 6.65. The number of piperazine rings is 1. The molecule has 1 saturated carbocycles. The van der Waals surface area contributed by atoms with Crippen molar-refractivity contribution in [3.05, 3.63) is 66.0 Å². The van der Waals surface area contributed by atoms with Crippen LogP contribution in [0, 0.1) is 11.3 Å². The Morgan fingerprint density at radius 1 is 1.07 bits per heavy atom. The van der Waals surface area contributed by atoms with Gasteiger partial charge in [0.05, 0.1) is 36.3 Å². The van der Waals surface area contributed by atoms with E-state index in [0.717, 1.165) is 57.0 Å². The predicted octanol–water partition coefficient (Wildman–Crippen LogP) is 4.99. The molecule has 1 atom stereocenters. The highest BCUT2D eigenvalue weighted by molar-refractivity contribution is 5.94. The Morgan fingerprint density at radius 2 is 1.90 bits per heavy atom. The van der Waals surface area contributed by atoms with Crippen LogP contribution in [0.15, 0.2) is 54.7 Å². The Kier molecular flexibility index (Phi) is 7.72. The van der Waals surface area contributed by atoms with Gasteiger partial charge in [0.25, 0.3) is 0 Å². The maximum Gasteiger partial charge on any atom is 0.318 e. The molecule has 0 radical (unpaired) electrons. The van der Waals surface area contributed by atoms with Gasteiger partial charge in [-0.1, -0.05) is 42.5 Å². The van der Waals surface area contributed by atoms with Crippen molar-refractivity contribution in [2.45, 2.75) is 57.2 Å². The Balaban J connectivity index is 1.34. The van der Waals surface area contributed by atoms with E-state index in [1.54, 1.807) is 0 Å². The number of nitriles is 1. The zero-order chi connectivity index (χ0) is 28.4. The van der Waals surface area contributed by atoms with Crippen molar-refractivity contribution in [3.63, 3.8) is 0 Å². The molecule has 2 fully saturated rings. The number of ether oxygens (including phenoxy) is 1. The summed E-state index contributed by atoms with van der Waals surface area (Å²) < 4.78 is 6.43. The number of aromatic nitrogens is 2. The van der Waals surface area contributed by atoms with Gasteiger partial charge in [-0.15, -0.1) is 0 Å². The average molecular weight is 552 g/mol. The summed E-state index contributed by atoms with van der Waals surface area (Å²) >= 11 is 0. The van der Waals surface area contributed by atoms with Gasteiger partial charge in [0.1, 0.15) is 12.4 Å². The van der Waals surface area contributed by atoms with Gasteiger partial charge in [0.15, 0.2) is 0 Å². The maximum atomic E-state index is 9.56.